The van der Waals surface area contributed by atoms with Crippen LogP contribution in [0.1, 0.15) is 0 Å². The summed E-state index contributed by atoms with van der Waals surface area (Å²) in [4.78, 5) is 27.0. The van der Waals surface area contributed by atoms with Crippen molar-refractivity contribution in [2.45, 2.75) is 0 Å². The largest absolute Gasteiger partial charge is 0.491 e. The molecule has 8 aromatic rings. The van der Waals surface area contributed by atoms with Crippen LogP contribution in [0.4, 0.5) is 5.95 Å². The normalized spacial score (nSPS) is 15.1. The summed E-state index contributed by atoms with van der Waals surface area (Å²) in [5.74, 6) is 3.26. The van der Waals surface area contributed by atoms with Crippen LogP contribution in [-0.4, -0.2) is 104 Å². The van der Waals surface area contributed by atoms with Gasteiger partial charge in [0, 0.05) is 46.1 Å². The van der Waals surface area contributed by atoms with Gasteiger partial charge in [-0.15, -0.1) is 0 Å². The molecule has 11 rings (SSSR count). The van der Waals surface area contributed by atoms with E-state index in [0.717, 1.165) is 66.9 Å². The quantitative estimate of drug-likeness (QED) is 0.158. The SMILES string of the molecule is c1ccc(-c2nc(-c3ccccc3)nc(N3CCOCCOCCOc4ccc(cc4)-c4ccc5ccc6ccc(nc6c5n4)-c4ccc(cc4)OCCOCCOCC3)n2)cc1. The predicted molar refractivity (Wildman–Crippen MR) is 245 cm³/mol. The molecule has 0 aliphatic carbocycles. The molecule has 0 amide bonds. The van der Waals surface area contributed by atoms with E-state index in [0.29, 0.717) is 96.8 Å². The van der Waals surface area contributed by atoms with Gasteiger partial charge in [0.1, 0.15) is 24.7 Å². The van der Waals surface area contributed by atoms with E-state index in [1.165, 1.54) is 0 Å². The van der Waals surface area contributed by atoms with Gasteiger partial charge in [-0.1, -0.05) is 84.9 Å². The number of pyridine rings is 2. The average Bonchev–Trinajstić information content (AvgIpc) is 3.35. The highest BCUT2D eigenvalue weighted by Crippen LogP contribution is 2.30. The van der Waals surface area contributed by atoms with Crippen molar-refractivity contribution < 1.29 is 28.4 Å². The van der Waals surface area contributed by atoms with Gasteiger partial charge in [0.05, 0.1) is 75.3 Å². The van der Waals surface area contributed by atoms with Crippen LogP contribution in [0.25, 0.3) is 67.1 Å². The van der Waals surface area contributed by atoms with E-state index in [4.69, 9.17) is 53.3 Å². The van der Waals surface area contributed by atoms with Crippen molar-refractivity contribution in [1.82, 2.24) is 24.9 Å². The molecule has 0 saturated heterocycles. The van der Waals surface area contributed by atoms with Crippen molar-refractivity contribution >= 4 is 27.8 Å². The van der Waals surface area contributed by atoms with Crippen molar-refractivity contribution in [3.63, 3.8) is 0 Å². The topological polar surface area (TPSA) is 123 Å². The Morgan fingerprint density at radius 2 is 0.730 bits per heavy atom. The van der Waals surface area contributed by atoms with Crippen molar-refractivity contribution in [3.05, 3.63) is 146 Å². The number of fused-ring (bicyclic) bond motifs is 2. The average molecular weight is 841 g/mol. The van der Waals surface area contributed by atoms with E-state index in [1.54, 1.807) is 0 Å². The van der Waals surface area contributed by atoms with Crippen LogP contribution in [0.15, 0.2) is 146 Å². The molecule has 0 N–H and O–H groups in total. The Hall–Kier alpha value is -6.83. The lowest BCUT2D eigenvalue weighted by Gasteiger charge is -2.23. The first-order chi connectivity index (χ1) is 31.2. The van der Waals surface area contributed by atoms with Crippen LogP contribution >= 0.6 is 0 Å². The Bertz CT molecular complexity index is 2520. The maximum absolute atomic E-state index is 6.04. The first-order valence-electron chi connectivity index (χ1n) is 21.3. The summed E-state index contributed by atoms with van der Waals surface area (Å²) in [7, 11) is 0. The Balaban J connectivity index is 0.889. The number of nitrogens with zero attached hydrogens (tertiary/aromatic N) is 6. The summed E-state index contributed by atoms with van der Waals surface area (Å²) < 4.78 is 35.8. The van der Waals surface area contributed by atoms with Crippen molar-refractivity contribution in [2.24, 2.45) is 0 Å². The molecule has 3 aliphatic heterocycles. The maximum atomic E-state index is 6.04. The molecule has 0 spiro atoms. The van der Waals surface area contributed by atoms with Crippen LogP contribution in [0, 0.1) is 0 Å². The lowest BCUT2D eigenvalue weighted by molar-refractivity contribution is 0.0346. The maximum Gasteiger partial charge on any atom is 0.229 e. The van der Waals surface area contributed by atoms with E-state index >= 15 is 0 Å². The van der Waals surface area contributed by atoms with Gasteiger partial charge in [-0.3, -0.25) is 0 Å². The first-order valence-corrected chi connectivity index (χ1v) is 21.3. The molecule has 0 radical (unpaired) electrons. The van der Waals surface area contributed by atoms with E-state index < -0.39 is 0 Å². The molecule has 0 atom stereocenters. The number of benzene rings is 5. The summed E-state index contributed by atoms with van der Waals surface area (Å²) in [5, 5.41) is 2.06. The van der Waals surface area contributed by atoms with Crippen molar-refractivity contribution in [2.75, 3.05) is 84.1 Å². The third-order valence-corrected chi connectivity index (χ3v) is 10.5. The molecule has 3 aromatic heterocycles. The van der Waals surface area contributed by atoms with E-state index in [1.807, 2.05) is 121 Å². The van der Waals surface area contributed by atoms with Gasteiger partial charge < -0.3 is 33.3 Å². The molecule has 8 bridgehead atoms. The summed E-state index contributed by atoms with van der Waals surface area (Å²) in [6, 6.07) is 48.3. The number of anilines is 1. The van der Waals surface area contributed by atoms with Crippen LogP contribution in [0.2, 0.25) is 0 Å². The van der Waals surface area contributed by atoms with Gasteiger partial charge >= 0.3 is 0 Å². The van der Waals surface area contributed by atoms with Crippen LogP contribution < -0.4 is 14.4 Å². The van der Waals surface area contributed by atoms with Gasteiger partial charge in [-0.25, -0.2) is 15.0 Å². The third-order valence-electron chi connectivity index (χ3n) is 10.5. The number of aromatic nitrogens is 5. The fraction of sp³-hybridized carbons (Fsp3) is 0.235. The summed E-state index contributed by atoms with van der Waals surface area (Å²) in [6.07, 6.45) is 0. The summed E-state index contributed by atoms with van der Waals surface area (Å²) >= 11 is 0. The molecule has 0 fully saturated rings. The number of rotatable bonds is 3. The number of ether oxygens (including phenoxy) is 6. The molecule has 318 valence electrons. The zero-order valence-electron chi connectivity index (χ0n) is 35.0. The highest BCUT2D eigenvalue weighted by Gasteiger charge is 2.17. The highest BCUT2D eigenvalue weighted by atomic mass is 16.5. The summed E-state index contributed by atoms with van der Waals surface area (Å²) in [6.45, 7) is 5.34. The molecule has 6 heterocycles. The highest BCUT2D eigenvalue weighted by molar-refractivity contribution is 6.04. The monoisotopic (exact) mass is 840 g/mol. The predicted octanol–water partition coefficient (Wildman–Crippen LogP) is 8.98. The minimum absolute atomic E-state index is 0.412. The molecule has 0 unspecified atom stereocenters. The van der Waals surface area contributed by atoms with E-state index in [9.17, 15) is 0 Å². The molecule has 12 nitrogen and oxygen atoms in total. The van der Waals surface area contributed by atoms with Gasteiger partial charge in [0.25, 0.3) is 0 Å². The molecular weight excluding hydrogens is 793 g/mol. The lowest BCUT2D eigenvalue weighted by atomic mass is 10.1. The fourth-order valence-corrected chi connectivity index (χ4v) is 7.21. The minimum Gasteiger partial charge on any atom is -0.491 e. The van der Waals surface area contributed by atoms with Gasteiger partial charge in [0.15, 0.2) is 11.6 Å². The second kappa shape index (κ2) is 20.8. The smallest absolute Gasteiger partial charge is 0.229 e. The minimum atomic E-state index is 0.412. The third kappa shape index (κ3) is 10.8. The van der Waals surface area contributed by atoms with Gasteiger partial charge in [-0.05, 0) is 60.7 Å². The Morgan fingerprint density at radius 3 is 1.17 bits per heavy atom. The molecule has 12 heteroatoms. The Labute approximate surface area is 366 Å². The second-order valence-electron chi connectivity index (χ2n) is 14.8. The number of hydrogen-bond acceptors (Lipinski definition) is 12. The zero-order chi connectivity index (χ0) is 42.5. The fourth-order valence-electron chi connectivity index (χ4n) is 7.21. The van der Waals surface area contributed by atoms with Crippen LogP contribution in [-0.2, 0) is 18.9 Å². The van der Waals surface area contributed by atoms with E-state index in [-0.39, 0.29) is 0 Å². The molecule has 5 aromatic carbocycles. The van der Waals surface area contributed by atoms with Crippen LogP contribution in [0.3, 0.4) is 0 Å². The Morgan fingerprint density at radius 1 is 0.333 bits per heavy atom. The van der Waals surface area contributed by atoms with Crippen LogP contribution in [0.5, 0.6) is 11.5 Å². The summed E-state index contributed by atoms with van der Waals surface area (Å²) in [5.41, 5.74) is 7.23. The molecular formula is C51H48N6O6. The van der Waals surface area contributed by atoms with Crippen molar-refractivity contribution in [3.8, 4) is 56.8 Å². The van der Waals surface area contributed by atoms with E-state index in [2.05, 4.69) is 29.2 Å². The first kappa shape index (κ1) is 41.5. The Kier molecular flexibility index (Phi) is 13.7. The zero-order valence-corrected chi connectivity index (χ0v) is 35.0. The lowest BCUT2D eigenvalue weighted by Crippen LogP contribution is -2.33. The molecule has 63 heavy (non-hydrogen) atoms. The van der Waals surface area contributed by atoms with Gasteiger partial charge in [-0.2, -0.15) is 9.97 Å². The second-order valence-corrected chi connectivity index (χ2v) is 14.8. The van der Waals surface area contributed by atoms with Crippen molar-refractivity contribution in [1.29, 1.82) is 0 Å². The standard InChI is InChI=1S/C51H48N6O6/c1-3-7-41(8-4-1)49-54-50(42-9-5-2-6-10-42)56-51(55-49)57-25-27-58-29-31-60-33-35-62-43-19-13-37(14-20-43)45-23-17-39-11-12-40-18-24-46(53-48(40)47(39)52-45)38-15-21-44(22-16-38)63-36-34-61-32-30-59-28-26-57/h1-24H,25-36H2. The molecule has 0 saturated carbocycles. The molecule has 3 aliphatic rings. The van der Waals surface area contributed by atoms with Gasteiger partial charge in [0.2, 0.25) is 5.95 Å². The number of hydrogen-bond donors (Lipinski definition) is 0.